The van der Waals surface area contributed by atoms with Crippen LogP contribution in [0.4, 0.5) is 0 Å². The Morgan fingerprint density at radius 2 is 1.88 bits per heavy atom. The van der Waals surface area contributed by atoms with Gasteiger partial charge in [-0.2, -0.15) is 0 Å². The summed E-state index contributed by atoms with van der Waals surface area (Å²) in [5, 5.41) is 0. The molecule has 0 spiro atoms. The lowest BCUT2D eigenvalue weighted by Crippen LogP contribution is -2.45. The van der Waals surface area contributed by atoms with E-state index in [1.54, 1.807) is 0 Å². The number of hydrogen-bond donors (Lipinski definition) is 1. The van der Waals surface area contributed by atoms with Crippen LogP contribution >= 0.6 is 12.4 Å². The first-order valence-electron chi connectivity index (χ1n) is 6.29. The van der Waals surface area contributed by atoms with Crippen LogP contribution in [0.5, 0.6) is 0 Å². The van der Waals surface area contributed by atoms with Crippen LogP contribution in [0.2, 0.25) is 0 Å². The van der Waals surface area contributed by atoms with E-state index in [0.717, 1.165) is 5.92 Å². The molecular formula is C12H24ClN3O. The first-order chi connectivity index (χ1) is 7.63. The zero-order valence-corrected chi connectivity index (χ0v) is 11.6. The number of nitrogens with zero attached hydrogens (tertiary/aromatic N) is 2. The highest BCUT2D eigenvalue weighted by Gasteiger charge is 2.35. The van der Waals surface area contributed by atoms with Crippen LogP contribution in [-0.2, 0) is 4.79 Å². The van der Waals surface area contributed by atoms with E-state index < -0.39 is 0 Å². The Morgan fingerprint density at radius 1 is 1.29 bits per heavy atom. The molecular weight excluding hydrogens is 238 g/mol. The van der Waals surface area contributed by atoms with Crippen molar-refractivity contribution >= 4 is 18.3 Å². The van der Waals surface area contributed by atoms with Crippen molar-refractivity contribution in [3.05, 3.63) is 0 Å². The minimum atomic E-state index is 0. The molecule has 0 aromatic carbocycles. The molecule has 0 bridgehead atoms. The van der Waals surface area contributed by atoms with Crippen LogP contribution in [0.25, 0.3) is 0 Å². The Bertz CT molecular complexity index is 266. The number of carbonyl (C=O) groups is 1. The molecule has 2 fully saturated rings. The van der Waals surface area contributed by atoms with E-state index >= 15 is 0 Å². The van der Waals surface area contributed by atoms with Gasteiger partial charge in [0.25, 0.3) is 0 Å². The monoisotopic (exact) mass is 261 g/mol. The summed E-state index contributed by atoms with van der Waals surface area (Å²) in [6.45, 7) is 1.19. The van der Waals surface area contributed by atoms with Gasteiger partial charge in [-0.15, -0.1) is 12.4 Å². The van der Waals surface area contributed by atoms with Crippen LogP contribution in [0, 0.1) is 5.92 Å². The van der Waals surface area contributed by atoms with Crippen molar-refractivity contribution in [1.29, 1.82) is 0 Å². The van der Waals surface area contributed by atoms with Crippen LogP contribution in [-0.4, -0.2) is 55.0 Å². The third-order valence-electron chi connectivity index (χ3n) is 3.85. The largest absolute Gasteiger partial charge is 0.342 e. The highest BCUT2D eigenvalue weighted by molar-refractivity contribution is 5.85. The second-order valence-corrected chi connectivity index (χ2v) is 5.29. The molecule has 1 amide bonds. The van der Waals surface area contributed by atoms with Gasteiger partial charge >= 0.3 is 0 Å². The van der Waals surface area contributed by atoms with E-state index in [0.29, 0.717) is 25.2 Å². The SMILES string of the molecule is CN(CC(=O)N(C)C1CC1)C(CN)C1CC1.Cl. The van der Waals surface area contributed by atoms with Crippen LogP contribution in [0.1, 0.15) is 25.7 Å². The first-order valence-corrected chi connectivity index (χ1v) is 6.29. The third-order valence-corrected chi connectivity index (χ3v) is 3.85. The molecule has 1 unspecified atom stereocenters. The number of nitrogens with two attached hydrogens (primary N) is 1. The maximum Gasteiger partial charge on any atom is 0.236 e. The molecule has 2 aliphatic rings. The summed E-state index contributed by atoms with van der Waals surface area (Å²) in [5.74, 6) is 0.970. The van der Waals surface area contributed by atoms with Crippen molar-refractivity contribution in [3.63, 3.8) is 0 Å². The predicted molar refractivity (Wildman–Crippen MR) is 71.2 cm³/mol. The number of halogens is 1. The molecule has 0 heterocycles. The molecule has 100 valence electrons. The summed E-state index contributed by atoms with van der Waals surface area (Å²) in [5.41, 5.74) is 5.77. The second kappa shape index (κ2) is 6.03. The molecule has 5 heteroatoms. The van der Waals surface area contributed by atoms with E-state index in [-0.39, 0.29) is 18.3 Å². The van der Waals surface area contributed by atoms with Gasteiger partial charge in [-0.25, -0.2) is 0 Å². The van der Waals surface area contributed by atoms with Crippen molar-refractivity contribution in [2.75, 3.05) is 27.2 Å². The van der Waals surface area contributed by atoms with Crippen molar-refractivity contribution in [2.24, 2.45) is 11.7 Å². The van der Waals surface area contributed by atoms with E-state index in [2.05, 4.69) is 4.90 Å². The van der Waals surface area contributed by atoms with Crippen LogP contribution in [0.15, 0.2) is 0 Å². The summed E-state index contributed by atoms with van der Waals surface area (Å²) in [7, 11) is 3.94. The number of likely N-dealkylation sites (N-methyl/N-ethyl adjacent to an activating group) is 2. The van der Waals surface area contributed by atoms with Crippen molar-refractivity contribution in [2.45, 2.75) is 37.8 Å². The maximum absolute atomic E-state index is 11.9. The zero-order valence-electron chi connectivity index (χ0n) is 10.8. The van der Waals surface area contributed by atoms with Gasteiger partial charge in [0.05, 0.1) is 6.54 Å². The fourth-order valence-corrected chi connectivity index (χ4v) is 2.32. The first kappa shape index (κ1) is 14.7. The van der Waals surface area contributed by atoms with Crippen molar-refractivity contribution < 1.29 is 4.79 Å². The zero-order chi connectivity index (χ0) is 11.7. The molecule has 0 aromatic heterocycles. The molecule has 0 radical (unpaired) electrons. The highest BCUT2D eigenvalue weighted by atomic mass is 35.5. The van der Waals surface area contributed by atoms with E-state index in [4.69, 9.17) is 5.73 Å². The molecule has 1 atom stereocenters. The maximum atomic E-state index is 11.9. The van der Waals surface area contributed by atoms with Gasteiger partial charge in [-0.05, 0) is 38.6 Å². The molecule has 17 heavy (non-hydrogen) atoms. The quantitative estimate of drug-likeness (QED) is 0.766. The normalized spacial score (nSPS) is 20.9. The number of hydrogen-bond acceptors (Lipinski definition) is 3. The predicted octanol–water partition coefficient (Wildman–Crippen LogP) is 0.698. The fraction of sp³-hybridized carbons (Fsp3) is 0.917. The lowest BCUT2D eigenvalue weighted by Gasteiger charge is -2.28. The second-order valence-electron chi connectivity index (χ2n) is 5.29. The van der Waals surface area contributed by atoms with Gasteiger partial charge in [-0.1, -0.05) is 0 Å². The van der Waals surface area contributed by atoms with Crippen molar-refractivity contribution in [1.82, 2.24) is 9.80 Å². The van der Waals surface area contributed by atoms with E-state index in [9.17, 15) is 4.79 Å². The summed E-state index contributed by atoms with van der Waals surface area (Å²) < 4.78 is 0. The van der Waals surface area contributed by atoms with Crippen LogP contribution < -0.4 is 5.73 Å². The summed E-state index contributed by atoms with van der Waals surface area (Å²) in [6.07, 6.45) is 4.90. The summed E-state index contributed by atoms with van der Waals surface area (Å²) in [4.78, 5) is 16.0. The summed E-state index contributed by atoms with van der Waals surface area (Å²) in [6, 6.07) is 0.912. The number of amides is 1. The van der Waals surface area contributed by atoms with Gasteiger partial charge in [0, 0.05) is 25.7 Å². The van der Waals surface area contributed by atoms with E-state index in [1.807, 2.05) is 19.0 Å². The third kappa shape index (κ3) is 3.83. The molecule has 4 nitrogen and oxygen atoms in total. The van der Waals surface area contributed by atoms with Gasteiger partial charge in [0.15, 0.2) is 0 Å². The van der Waals surface area contributed by atoms with E-state index in [1.165, 1.54) is 25.7 Å². The minimum absolute atomic E-state index is 0. The van der Waals surface area contributed by atoms with Crippen LogP contribution in [0.3, 0.4) is 0 Å². The molecule has 0 aliphatic heterocycles. The highest BCUT2D eigenvalue weighted by Crippen LogP contribution is 2.34. The Labute approximate surface area is 110 Å². The molecule has 2 saturated carbocycles. The molecule has 2 aliphatic carbocycles. The number of carbonyl (C=O) groups excluding carboxylic acids is 1. The Kier molecular flexibility index (Phi) is 5.22. The Balaban J connectivity index is 0.00000144. The van der Waals surface area contributed by atoms with Gasteiger partial charge in [-0.3, -0.25) is 9.69 Å². The number of rotatable bonds is 6. The van der Waals surface area contributed by atoms with Crippen molar-refractivity contribution in [3.8, 4) is 0 Å². The molecule has 0 aromatic rings. The molecule has 0 saturated heterocycles. The lowest BCUT2D eigenvalue weighted by molar-refractivity contribution is -0.131. The summed E-state index contributed by atoms with van der Waals surface area (Å²) >= 11 is 0. The standard InChI is InChI=1S/C12H23N3O.ClH/c1-14(11(7-13)9-3-4-9)8-12(16)15(2)10-5-6-10;/h9-11H,3-8,13H2,1-2H3;1H. The van der Waals surface area contributed by atoms with Gasteiger partial charge in [0.2, 0.25) is 5.91 Å². The average molecular weight is 262 g/mol. The minimum Gasteiger partial charge on any atom is -0.342 e. The smallest absolute Gasteiger partial charge is 0.236 e. The fourth-order valence-electron chi connectivity index (χ4n) is 2.32. The molecule has 2 N–H and O–H groups in total. The van der Waals surface area contributed by atoms with Gasteiger partial charge < -0.3 is 10.6 Å². The Morgan fingerprint density at radius 3 is 2.29 bits per heavy atom. The molecule has 2 rings (SSSR count). The topological polar surface area (TPSA) is 49.6 Å². The van der Waals surface area contributed by atoms with Gasteiger partial charge in [0.1, 0.15) is 0 Å². The lowest BCUT2D eigenvalue weighted by atomic mass is 10.1. The Hall–Kier alpha value is -0.320. The average Bonchev–Trinajstić information content (AvgIpc) is 3.10.